The fraction of sp³-hybridized carbons (Fsp3) is 0.250. The van der Waals surface area contributed by atoms with Crippen molar-refractivity contribution in [2.75, 3.05) is 6.61 Å². The summed E-state index contributed by atoms with van der Waals surface area (Å²) in [5.74, 6) is -0.683. The van der Waals surface area contributed by atoms with E-state index in [-0.39, 0.29) is 23.1 Å². The minimum atomic E-state index is -2.81. The van der Waals surface area contributed by atoms with Gasteiger partial charge < -0.3 is 4.74 Å². The van der Waals surface area contributed by atoms with Gasteiger partial charge in [-0.3, -0.25) is 0 Å². The summed E-state index contributed by atoms with van der Waals surface area (Å²) in [7, 11) is 0. The number of alkyl halides is 2. The van der Waals surface area contributed by atoms with Gasteiger partial charge in [0.1, 0.15) is 5.69 Å². The number of halogens is 3. The molecule has 0 saturated heterocycles. The average Bonchev–Trinajstić information content (AvgIpc) is 2.84. The number of carbonyl (C=O) groups excluding carboxylic acids is 1. The molecular weight excluding hydrogens is 292 g/mol. The first-order valence-corrected chi connectivity index (χ1v) is 6.08. The molecule has 20 heavy (non-hydrogen) atoms. The predicted octanol–water partition coefficient (Wildman–Crippen LogP) is 3.04. The van der Waals surface area contributed by atoms with E-state index in [2.05, 4.69) is 10.1 Å². The summed E-state index contributed by atoms with van der Waals surface area (Å²) in [5.41, 5.74) is -0.697. The van der Waals surface area contributed by atoms with Gasteiger partial charge in [-0.2, -0.15) is 5.10 Å². The molecule has 0 atom stereocenters. The van der Waals surface area contributed by atoms with Crippen LogP contribution in [0.25, 0.3) is 5.82 Å². The number of esters is 1. The van der Waals surface area contributed by atoms with Crippen molar-refractivity contribution in [1.29, 1.82) is 0 Å². The minimum absolute atomic E-state index is 0.0871. The van der Waals surface area contributed by atoms with Gasteiger partial charge in [-0.15, -0.1) is 0 Å². The highest BCUT2D eigenvalue weighted by Gasteiger charge is 2.23. The Morgan fingerprint density at radius 1 is 1.55 bits per heavy atom. The topological polar surface area (TPSA) is 57.0 Å². The van der Waals surface area contributed by atoms with Crippen LogP contribution in [0.5, 0.6) is 0 Å². The van der Waals surface area contributed by atoms with Gasteiger partial charge in [-0.1, -0.05) is 11.6 Å². The average molecular weight is 302 g/mol. The molecule has 0 amide bonds. The van der Waals surface area contributed by atoms with E-state index < -0.39 is 18.1 Å². The van der Waals surface area contributed by atoms with E-state index in [1.165, 1.54) is 12.3 Å². The highest BCUT2D eigenvalue weighted by atomic mass is 35.5. The zero-order valence-corrected chi connectivity index (χ0v) is 11.1. The van der Waals surface area contributed by atoms with Gasteiger partial charge in [0.2, 0.25) is 0 Å². The quantitative estimate of drug-likeness (QED) is 0.815. The third kappa shape index (κ3) is 2.77. The Bertz CT molecular complexity index is 631. The van der Waals surface area contributed by atoms with Crippen LogP contribution in [0, 0.1) is 0 Å². The second-order valence-corrected chi connectivity index (χ2v) is 4.10. The molecule has 0 bridgehead atoms. The third-order valence-electron chi connectivity index (χ3n) is 2.38. The Hall–Kier alpha value is -2.02. The summed E-state index contributed by atoms with van der Waals surface area (Å²) in [6.45, 7) is 1.73. The van der Waals surface area contributed by atoms with Crippen LogP contribution in [0.2, 0.25) is 5.02 Å². The van der Waals surface area contributed by atoms with Crippen LogP contribution in [-0.4, -0.2) is 27.3 Å². The molecule has 2 rings (SSSR count). The van der Waals surface area contributed by atoms with Crippen molar-refractivity contribution in [2.45, 2.75) is 13.3 Å². The number of aromatic nitrogens is 3. The Kier molecular flexibility index (Phi) is 4.29. The summed E-state index contributed by atoms with van der Waals surface area (Å²) in [6.07, 6.45) is -1.40. The largest absolute Gasteiger partial charge is 0.461 e. The molecule has 0 aromatic carbocycles. The van der Waals surface area contributed by atoms with E-state index in [1.54, 1.807) is 13.0 Å². The van der Waals surface area contributed by atoms with Crippen LogP contribution in [0.4, 0.5) is 8.78 Å². The van der Waals surface area contributed by atoms with Gasteiger partial charge in [0.25, 0.3) is 6.43 Å². The number of pyridine rings is 1. The lowest BCUT2D eigenvalue weighted by molar-refractivity contribution is 0.0515. The summed E-state index contributed by atoms with van der Waals surface area (Å²) < 4.78 is 31.3. The maximum absolute atomic E-state index is 12.7. The van der Waals surface area contributed by atoms with E-state index in [9.17, 15) is 13.6 Å². The fourth-order valence-corrected chi connectivity index (χ4v) is 1.75. The minimum Gasteiger partial charge on any atom is -0.461 e. The van der Waals surface area contributed by atoms with E-state index >= 15 is 0 Å². The maximum atomic E-state index is 12.7. The summed E-state index contributed by atoms with van der Waals surface area (Å²) in [4.78, 5) is 15.7. The number of ether oxygens (including phenoxy) is 1. The lowest BCUT2D eigenvalue weighted by Gasteiger charge is -2.07. The molecular formula is C12H10ClF2N3O2. The third-order valence-corrected chi connectivity index (χ3v) is 2.67. The van der Waals surface area contributed by atoms with Crippen molar-refractivity contribution in [1.82, 2.24) is 14.8 Å². The van der Waals surface area contributed by atoms with Crippen LogP contribution < -0.4 is 0 Å². The number of nitrogens with zero attached hydrogens (tertiary/aromatic N) is 3. The molecule has 8 heteroatoms. The van der Waals surface area contributed by atoms with Crippen molar-refractivity contribution >= 4 is 17.6 Å². The molecule has 0 fully saturated rings. The Labute approximate surface area is 118 Å². The van der Waals surface area contributed by atoms with Gasteiger partial charge in [0.05, 0.1) is 11.6 Å². The molecule has 106 valence electrons. The lowest BCUT2D eigenvalue weighted by Crippen LogP contribution is -2.13. The summed E-state index contributed by atoms with van der Waals surface area (Å²) >= 11 is 5.94. The molecule has 5 nitrogen and oxygen atoms in total. The molecule has 0 spiro atoms. The maximum Gasteiger partial charge on any atom is 0.357 e. The highest BCUT2D eigenvalue weighted by Crippen LogP contribution is 2.24. The molecule has 0 aliphatic heterocycles. The van der Waals surface area contributed by atoms with Crippen LogP contribution in [0.15, 0.2) is 24.4 Å². The summed E-state index contributed by atoms with van der Waals surface area (Å²) in [6, 6.07) is 4.06. The highest BCUT2D eigenvalue weighted by molar-refractivity contribution is 6.32. The second-order valence-electron chi connectivity index (χ2n) is 3.70. The Morgan fingerprint density at radius 3 is 2.90 bits per heavy atom. The molecule has 0 radical (unpaired) electrons. The molecule has 2 heterocycles. The zero-order chi connectivity index (χ0) is 14.7. The van der Waals surface area contributed by atoms with Gasteiger partial charge in [-0.25, -0.2) is 23.2 Å². The van der Waals surface area contributed by atoms with Crippen LogP contribution in [-0.2, 0) is 4.74 Å². The Morgan fingerprint density at radius 2 is 2.30 bits per heavy atom. The second kappa shape index (κ2) is 5.96. The molecule has 0 saturated carbocycles. The SMILES string of the molecule is CCOC(=O)c1cc(C(F)F)nn1-c1ncccc1Cl. The van der Waals surface area contributed by atoms with Crippen molar-refractivity contribution in [3.05, 3.63) is 40.8 Å². The predicted molar refractivity (Wildman–Crippen MR) is 67.3 cm³/mol. The molecule has 0 aliphatic carbocycles. The van der Waals surface area contributed by atoms with E-state index in [0.29, 0.717) is 0 Å². The van der Waals surface area contributed by atoms with E-state index in [0.717, 1.165) is 10.7 Å². The van der Waals surface area contributed by atoms with Crippen molar-refractivity contribution in [2.24, 2.45) is 0 Å². The fourth-order valence-electron chi connectivity index (χ4n) is 1.55. The molecule has 0 unspecified atom stereocenters. The summed E-state index contributed by atoms with van der Waals surface area (Å²) in [5, 5.41) is 3.85. The monoisotopic (exact) mass is 301 g/mol. The zero-order valence-electron chi connectivity index (χ0n) is 10.4. The van der Waals surface area contributed by atoms with Crippen molar-refractivity contribution < 1.29 is 18.3 Å². The molecule has 0 aliphatic rings. The van der Waals surface area contributed by atoms with Crippen LogP contribution in [0.3, 0.4) is 0 Å². The van der Waals surface area contributed by atoms with Crippen molar-refractivity contribution in [3.63, 3.8) is 0 Å². The molecule has 2 aromatic heterocycles. The number of hydrogen-bond acceptors (Lipinski definition) is 4. The van der Waals surface area contributed by atoms with Gasteiger partial charge in [-0.05, 0) is 19.1 Å². The normalized spacial score (nSPS) is 10.8. The number of carbonyl (C=O) groups is 1. The standard InChI is InChI=1S/C12H10ClF2N3O2/c1-2-20-12(19)9-6-8(10(14)15)17-18(9)11-7(13)4-3-5-16-11/h3-6,10H,2H2,1H3. The molecule has 2 aromatic rings. The van der Waals surface area contributed by atoms with Crippen molar-refractivity contribution in [3.8, 4) is 5.82 Å². The van der Waals surface area contributed by atoms with Gasteiger partial charge >= 0.3 is 5.97 Å². The first-order chi connectivity index (χ1) is 9.54. The van der Waals surface area contributed by atoms with Crippen LogP contribution in [0.1, 0.15) is 29.5 Å². The van der Waals surface area contributed by atoms with Gasteiger partial charge in [0, 0.05) is 12.3 Å². The number of rotatable bonds is 4. The first-order valence-electron chi connectivity index (χ1n) is 5.70. The smallest absolute Gasteiger partial charge is 0.357 e. The molecule has 0 N–H and O–H groups in total. The number of hydrogen-bond donors (Lipinski definition) is 0. The first kappa shape index (κ1) is 14.4. The lowest BCUT2D eigenvalue weighted by atomic mass is 10.3. The Balaban J connectivity index is 2.56. The van der Waals surface area contributed by atoms with E-state index in [1.807, 2.05) is 0 Å². The van der Waals surface area contributed by atoms with Gasteiger partial charge in [0.15, 0.2) is 11.5 Å². The van der Waals surface area contributed by atoms with Crippen LogP contribution >= 0.6 is 11.6 Å². The van der Waals surface area contributed by atoms with E-state index in [4.69, 9.17) is 16.3 Å².